The van der Waals surface area contributed by atoms with Crippen molar-refractivity contribution in [2.24, 2.45) is 11.8 Å². The Morgan fingerprint density at radius 2 is 1.75 bits per heavy atom. The van der Waals surface area contributed by atoms with Gasteiger partial charge in [-0.25, -0.2) is 0 Å². The third kappa shape index (κ3) is 1.99. The van der Waals surface area contributed by atoms with Gasteiger partial charge in [0.2, 0.25) is 0 Å². The molecule has 0 aliphatic heterocycles. The molecule has 3 aliphatic carbocycles. The average molecular weight is 216 g/mol. The van der Waals surface area contributed by atoms with E-state index in [1.807, 2.05) is 11.1 Å². The topological polar surface area (TPSA) is 0 Å². The molecule has 0 bridgehead atoms. The second kappa shape index (κ2) is 4.77. The fraction of sp³-hybridized carbons (Fsp3) is 0.750. The summed E-state index contributed by atoms with van der Waals surface area (Å²) in [6.45, 7) is 0. The van der Waals surface area contributed by atoms with Crippen LogP contribution in [0.25, 0.3) is 0 Å². The van der Waals surface area contributed by atoms with Crippen LogP contribution in [0, 0.1) is 11.8 Å². The van der Waals surface area contributed by atoms with Gasteiger partial charge in [-0.15, -0.1) is 0 Å². The van der Waals surface area contributed by atoms with Gasteiger partial charge in [-0.1, -0.05) is 36.1 Å². The third-order valence-electron chi connectivity index (χ3n) is 4.85. The molecule has 1 fully saturated rings. The Kier molecular flexibility index (Phi) is 3.17. The first-order chi connectivity index (χ1) is 7.95. The van der Waals surface area contributed by atoms with Crippen molar-refractivity contribution in [2.75, 3.05) is 0 Å². The highest BCUT2D eigenvalue weighted by Crippen LogP contribution is 2.47. The van der Waals surface area contributed by atoms with Gasteiger partial charge >= 0.3 is 0 Å². The molecule has 0 amide bonds. The Bertz CT molecular complexity index is 308. The first-order valence-electron chi connectivity index (χ1n) is 7.34. The van der Waals surface area contributed by atoms with Gasteiger partial charge < -0.3 is 0 Å². The van der Waals surface area contributed by atoms with Crippen LogP contribution >= 0.6 is 0 Å². The van der Waals surface area contributed by atoms with Crippen LogP contribution in [0.1, 0.15) is 64.2 Å². The summed E-state index contributed by atoms with van der Waals surface area (Å²) in [4.78, 5) is 0. The van der Waals surface area contributed by atoms with Crippen LogP contribution in [0.2, 0.25) is 0 Å². The van der Waals surface area contributed by atoms with E-state index in [9.17, 15) is 0 Å². The summed E-state index contributed by atoms with van der Waals surface area (Å²) in [5, 5.41) is 0. The van der Waals surface area contributed by atoms with Gasteiger partial charge in [-0.3, -0.25) is 0 Å². The zero-order valence-corrected chi connectivity index (χ0v) is 10.4. The molecule has 0 nitrogen and oxygen atoms in total. The molecule has 16 heavy (non-hydrogen) atoms. The van der Waals surface area contributed by atoms with E-state index in [4.69, 9.17) is 0 Å². The lowest BCUT2D eigenvalue weighted by Crippen LogP contribution is -2.04. The number of allylic oxidation sites excluding steroid dienone is 4. The van der Waals surface area contributed by atoms with E-state index < -0.39 is 0 Å². The summed E-state index contributed by atoms with van der Waals surface area (Å²) >= 11 is 0. The van der Waals surface area contributed by atoms with Crippen molar-refractivity contribution >= 4 is 0 Å². The van der Waals surface area contributed by atoms with Crippen LogP contribution in [-0.4, -0.2) is 0 Å². The summed E-state index contributed by atoms with van der Waals surface area (Å²) in [7, 11) is 0. The van der Waals surface area contributed by atoms with Gasteiger partial charge in [-0.2, -0.15) is 0 Å². The molecule has 0 N–H and O–H groups in total. The normalized spacial score (nSPS) is 35.0. The van der Waals surface area contributed by atoms with Gasteiger partial charge in [0.15, 0.2) is 0 Å². The molecule has 0 saturated heterocycles. The largest absolute Gasteiger partial charge is 0.0847 e. The summed E-state index contributed by atoms with van der Waals surface area (Å²) in [6.07, 6.45) is 19.5. The minimum atomic E-state index is 0.880. The predicted molar refractivity (Wildman–Crippen MR) is 69.3 cm³/mol. The molecule has 0 heteroatoms. The molecule has 0 aromatic heterocycles. The molecule has 2 atom stereocenters. The standard InChI is InChI=1S/C16H24/c1-2-4-7-13(8-5-3-1)16-12-11-14-9-6-10-15(14)16/h7,10,14,16H,1-6,8-9,11-12H2. The summed E-state index contributed by atoms with van der Waals surface area (Å²) in [6, 6.07) is 0. The molecule has 0 spiro atoms. The van der Waals surface area contributed by atoms with Crippen LogP contribution in [0.4, 0.5) is 0 Å². The van der Waals surface area contributed by atoms with E-state index in [1.165, 1.54) is 64.2 Å². The van der Waals surface area contributed by atoms with Gasteiger partial charge in [0, 0.05) is 5.92 Å². The van der Waals surface area contributed by atoms with Gasteiger partial charge in [0.1, 0.15) is 0 Å². The number of fused-ring (bicyclic) bond motifs is 1. The zero-order chi connectivity index (χ0) is 10.8. The van der Waals surface area contributed by atoms with Crippen LogP contribution in [0.5, 0.6) is 0 Å². The fourth-order valence-corrected chi connectivity index (χ4v) is 3.99. The molecule has 1 saturated carbocycles. The lowest BCUT2D eigenvalue weighted by Gasteiger charge is -2.19. The van der Waals surface area contributed by atoms with Crippen molar-refractivity contribution in [3.63, 3.8) is 0 Å². The molecule has 88 valence electrons. The first-order valence-corrected chi connectivity index (χ1v) is 7.34. The van der Waals surface area contributed by atoms with Crippen molar-refractivity contribution in [3.8, 4) is 0 Å². The molecule has 3 aliphatic rings. The van der Waals surface area contributed by atoms with Gasteiger partial charge in [-0.05, 0) is 57.3 Å². The molecule has 0 aromatic rings. The Hall–Kier alpha value is -0.520. The van der Waals surface area contributed by atoms with E-state index in [2.05, 4.69) is 12.2 Å². The Balaban J connectivity index is 1.75. The van der Waals surface area contributed by atoms with Crippen LogP contribution in [-0.2, 0) is 0 Å². The lowest BCUT2D eigenvalue weighted by atomic mass is 9.86. The maximum absolute atomic E-state index is 2.60. The summed E-state index contributed by atoms with van der Waals surface area (Å²) < 4.78 is 0. The predicted octanol–water partition coefficient (Wildman–Crippen LogP) is 5.01. The van der Waals surface area contributed by atoms with Crippen molar-refractivity contribution in [1.29, 1.82) is 0 Å². The van der Waals surface area contributed by atoms with E-state index >= 15 is 0 Å². The number of rotatable bonds is 1. The zero-order valence-electron chi connectivity index (χ0n) is 10.4. The molecule has 3 rings (SSSR count). The lowest BCUT2D eigenvalue weighted by molar-refractivity contribution is 0.580. The Labute approximate surface area is 99.8 Å². The monoisotopic (exact) mass is 216 g/mol. The van der Waals surface area contributed by atoms with E-state index in [1.54, 1.807) is 0 Å². The minimum Gasteiger partial charge on any atom is -0.0847 e. The second-order valence-electron chi connectivity index (χ2n) is 5.84. The average Bonchev–Trinajstić information content (AvgIpc) is 2.79. The van der Waals surface area contributed by atoms with Gasteiger partial charge in [0.05, 0.1) is 0 Å². The fourth-order valence-electron chi connectivity index (χ4n) is 3.99. The van der Waals surface area contributed by atoms with Crippen molar-refractivity contribution in [2.45, 2.75) is 64.2 Å². The van der Waals surface area contributed by atoms with Crippen LogP contribution < -0.4 is 0 Å². The van der Waals surface area contributed by atoms with Crippen LogP contribution in [0.15, 0.2) is 23.3 Å². The molecular weight excluding hydrogens is 192 g/mol. The molecule has 0 heterocycles. The first kappa shape index (κ1) is 10.6. The van der Waals surface area contributed by atoms with Crippen molar-refractivity contribution < 1.29 is 0 Å². The quantitative estimate of drug-likeness (QED) is 0.540. The molecule has 0 aromatic carbocycles. The number of hydrogen-bond donors (Lipinski definition) is 0. The maximum atomic E-state index is 2.60. The highest BCUT2D eigenvalue weighted by molar-refractivity contribution is 5.29. The second-order valence-corrected chi connectivity index (χ2v) is 5.84. The van der Waals surface area contributed by atoms with Gasteiger partial charge in [0.25, 0.3) is 0 Å². The van der Waals surface area contributed by atoms with E-state index in [0.29, 0.717) is 0 Å². The Morgan fingerprint density at radius 3 is 2.75 bits per heavy atom. The highest BCUT2D eigenvalue weighted by atomic mass is 14.4. The van der Waals surface area contributed by atoms with Crippen molar-refractivity contribution in [3.05, 3.63) is 23.3 Å². The number of hydrogen-bond acceptors (Lipinski definition) is 0. The summed E-state index contributed by atoms with van der Waals surface area (Å²) in [5.41, 5.74) is 3.65. The van der Waals surface area contributed by atoms with E-state index in [0.717, 1.165) is 11.8 Å². The molecular formula is C16H24. The molecule has 2 unspecified atom stereocenters. The van der Waals surface area contributed by atoms with Crippen LogP contribution in [0.3, 0.4) is 0 Å². The summed E-state index contributed by atoms with van der Waals surface area (Å²) in [5.74, 6) is 1.86. The van der Waals surface area contributed by atoms with E-state index in [-0.39, 0.29) is 0 Å². The SMILES string of the molecule is C1=C(C2CCC3CCC=C32)CCCCCC1. The molecule has 0 radical (unpaired) electrons. The third-order valence-corrected chi connectivity index (χ3v) is 4.85. The Morgan fingerprint density at radius 1 is 0.812 bits per heavy atom. The van der Waals surface area contributed by atoms with Crippen molar-refractivity contribution in [1.82, 2.24) is 0 Å². The smallest absolute Gasteiger partial charge is 0.000989 e. The highest BCUT2D eigenvalue weighted by Gasteiger charge is 2.34. The maximum Gasteiger partial charge on any atom is 0.000989 e. The minimum absolute atomic E-state index is 0.880.